The number of carbonyl (C=O) groups excluding carboxylic acids is 1. The van der Waals surface area contributed by atoms with E-state index in [0.29, 0.717) is 35.4 Å². The van der Waals surface area contributed by atoms with E-state index in [1.165, 1.54) is 0 Å². The van der Waals surface area contributed by atoms with Crippen LogP contribution in [0.15, 0.2) is 0 Å². The molecule has 6 bridgehead atoms. The van der Waals surface area contributed by atoms with Crippen LogP contribution < -0.4 is 0 Å². The van der Waals surface area contributed by atoms with Gasteiger partial charge in [-0.3, -0.25) is 4.79 Å². The number of aliphatic hydroxyl groups is 1. The van der Waals surface area contributed by atoms with Crippen LogP contribution in [-0.2, 0) is 4.79 Å². The largest absolute Gasteiger partial charge is 0.389 e. The Morgan fingerprint density at radius 3 is 2.14 bits per heavy atom. The Morgan fingerprint density at radius 2 is 1.59 bits per heavy atom. The van der Waals surface area contributed by atoms with Crippen molar-refractivity contribution in [3.8, 4) is 0 Å². The monoisotopic (exact) mass is 304 g/mol. The predicted molar refractivity (Wildman–Crippen MR) is 87.1 cm³/mol. The summed E-state index contributed by atoms with van der Waals surface area (Å²) >= 11 is 0. The molecule has 0 radical (unpaired) electrons. The zero-order chi connectivity index (χ0) is 16.2. The Kier molecular flexibility index (Phi) is 2.75. The number of hydrogen-bond donors (Lipinski definition) is 1. The van der Waals surface area contributed by atoms with Gasteiger partial charge in [-0.15, -0.1) is 0 Å². The van der Waals surface area contributed by atoms with Crippen LogP contribution >= 0.6 is 0 Å². The average Bonchev–Trinajstić information content (AvgIpc) is 2.34. The van der Waals surface area contributed by atoms with Gasteiger partial charge in [0.1, 0.15) is 5.78 Å². The molecule has 2 nitrogen and oxygen atoms in total. The van der Waals surface area contributed by atoms with Crippen LogP contribution in [0, 0.1) is 52.3 Å². The lowest BCUT2D eigenvalue weighted by atomic mass is 9.32. The molecule has 7 rings (SSSR count). The summed E-state index contributed by atoms with van der Waals surface area (Å²) in [6.45, 7) is 13.9. The third-order valence-electron chi connectivity index (χ3n) is 8.02. The second-order valence-electron chi connectivity index (χ2n) is 10.9. The summed E-state index contributed by atoms with van der Waals surface area (Å²) in [6.07, 6.45) is 2.97. The van der Waals surface area contributed by atoms with E-state index in [1.807, 2.05) is 0 Å². The van der Waals surface area contributed by atoms with E-state index >= 15 is 0 Å². The Labute approximate surface area is 135 Å². The standard InChI is InChI=1S/C20H32O2/c1-18(2,3)11-7-13-16-12(19(4,5)6)8-14-17(21)15(16)10(11)9-20(13,14)22/h10-16,22H,7-9H2,1-6H3/t10-,11-,12+,13+,14+,15-,16+,20-/m1/s1. The molecule has 7 fully saturated rings. The van der Waals surface area contributed by atoms with Gasteiger partial charge in [-0.05, 0) is 59.7 Å². The van der Waals surface area contributed by atoms with E-state index in [1.54, 1.807) is 0 Å². The summed E-state index contributed by atoms with van der Waals surface area (Å²) < 4.78 is 0. The lowest BCUT2D eigenvalue weighted by molar-refractivity contribution is -0.281. The summed E-state index contributed by atoms with van der Waals surface area (Å²) in [5.74, 6) is 3.06. The van der Waals surface area contributed by atoms with Crippen LogP contribution in [0.25, 0.3) is 0 Å². The zero-order valence-corrected chi connectivity index (χ0v) is 15.0. The van der Waals surface area contributed by atoms with Crippen LogP contribution in [0.4, 0.5) is 0 Å². The fourth-order valence-corrected chi connectivity index (χ4v) is 7.20. The zero-order valence-electron chi connectivity index (χ0n) is 15.0. The highest BCUT2D eigenvalue weighted by atomic mass is 16.3. The Hall–Kier alpha value is -0.370. The molecule has 0 unspecified atom stereocenters. The van der Waals surface area contributed by atoms with Crippen molar-refractivity contribution >= 4 is 5.78 Å². The number of hydrogen-bond acceptors (Lipinski definition) is 2. The van der Waals surface area contributed by atoms with Crippen molar-refractivity contribution in [3.63, 3.8) is 0 Å². The molecule has 0 aromatic heterocycles. The molecule has 124 valence electrons. The highest BCUT2D eigenvalue weighted by Crippen LogP contribution is 2.72. The fourth-order valence-electron chi connectivity index (χ4n) is 7.20. The van der Waals surface area contributed by atoms with E-state index in [-0.39, 0.29) is 22.7 Å². The predicted octanol–water partition coefficient (Wildman–Crippen LogP) is 3.92. The Morgan fingerprint density at radius 1 is 1.00 bits per heavy atom. The van der Waals surface area contributed by atoms with Gasteiger partial charge in [-0.1, -0.05) is 41.5 Å². The molecular weight excluding hydrogens is 272 g/mol. The maximum atomic E-state index is 13.0. The molecule has 22 heavy (non-hydrogen) atoms. The van der Waals surface area contributed by atoms with Crippen LogP contribution in [0.2, 0.25) is 0 Å². The van der Waals surface area contributed by atoms with Crippen LogP contribution in [0.5, 0.6) is 0 Å². The molecule has 7 saturated carbocycles. The molecular formula is C20H32O2. The summed E-state index contributed by atoms with van der Waals surface area (Å²) in [5.41, 5.74) is -0.167. The first-order valence-electron chi connectivity index (χ1n) is 9.22. The second kappa shape index (κ2) is 3.99. The minimum absolute atomic E-state index is 0.0612. The number of ketones is 1. The Balaban J connectivity index is 1.80. The van der Waals surface area contributed by atoms with Gasteiger partial charge in [-0.2, -0.15) is 0 Å². The third kappa shape index (κ3) is 1.63. The third-order valence-corrected chi connectivity index (χ3v) is 8.02. The van der Waals surface area contributed by atoms with Gasteiger partial charge in [0.05, 0.1) is 5.60 Å². The first kappa shape index (κ1) is 15.2. The van der Waals surface area contributed by atoms with Crippen molar-refractivity contribution in [2.75, 3.05) is 0 Å². The van der Waals surface area contributed by atoms with Crippen molar-refractivity contribution in [1.82, 2.24) is 0 Å². The van der Waals surface area contributed by atoms with Crippen LogP contribution in [0.3, 0.4) is 0 Å². The van der Waals surface area contributed by atoms with E-state index in [4.69, 9.17) is 0 Å². The normalized spacial score (nSPS) is 53.4. The van der Waals surface area contributed by atoms with Gasteiger partial charge in [0, 0.05) is 11.8 Å². The first-order valence-corrected chi connectivity index (χ1v) is 9.22. The van der Waals surface area contributed by atoms with E-state index in [0.717, 1.165) is 19.3 Å². The summed E-state index contributed by atoms with van der Waals surface area (Å²) in [4.78, 5) is 13.0. The van der Waals surface area contributed by atoms with Gasteiger partial charge < -0.3 is 5.11 Å². The molecule has 2 heteroatoms. The Bertz CT molecular complexity index is 523. The van der Waals surface area contributed by atoms with Crippen molar-refractivity contribution in [2.24, 2.45) is 52.3 Å². The molecule has 0 aromatic rings. The molecule has 7 aliphatic rings. The molecule has 0 amide bonds. The highest BCUT2D eigenvalue weighted by molar-refractivity contribution is 5.89. The van der Waals surface area contributed by atoms with Gasteiger partial charge in [0.2, 0.25) is 0 Å². The smallest absolute Gasteiger partial charge is 0.142 e. The topological polar surface area (TPSA) is 37.3 Å². The molecule has 0 heterocycles. The van der Waals surface area contributed by atoms with Gasteiger partial charge in [0.25, 0.3) is 0 Å². The van der Waals surface area contributed by atoms with E-state index < -0.39 is 5.60 Å². The number of rotatable bonds is 0. The molecule has 7 aliphatic carbocycles. The van der Waals surface area contributed by atoms with Gasteiger partial charge in [0.15, 0.2) is 0 Å². The first-order chi connectivity index (χ1) is 9.96. The van der Waals surface area contributed by atoms with E-state index in [2.05, 4.69) is 41.5 Å². The summed E-state index contributed by atoms with van der Waals surface area (Å²) in [6, 6.07) is 0. The maximum absolute atomic E-state index is 13.0. The molecule has 0 saturated heterocycles. The van der Waals surface area contributed by atoms with Crippen molar-refractivity contribution in [1.29, 1.82) is 0 Å². The van der Waals surface area contributed by atoms with Crippen molar-refractivity contribution in [2.45, 2.75) is 66.4 Å². The molecule has 8 atom stereocenters. The van der Waals surface area contributed by atoms with Crippen LogP contribution in [0.1, 0.15) is 60.8 Å². The van der Waals surface area contributed by atoms with Crippen LogP contribution in [-0.4, -0.2) is 16.5 Å². The minimum Gasteiger partial charge on any atom is -0.389 e. The average molecular weight is 304 g/mol. The highest BCUT2D eigenvalue weighted by Gasteiger charge is 2.74. The quantitative estimate of drug-likeness (QED) is 0.736. The molecule has 0 aromatic carbocycles. The number of carbonyl (C=O) groups is 1. The second-order valence-corrected chi connectivity index (χ2v) is 10.9. The summed E-state index contributed by atoms with van der Waals surface area (Å²) in [5, 5.41) is 11.4. The molecule has 0 spiro atoms. The number of Topliss-reactive ketones (excluding diaryl/α,β-unsaturated/α-hetero) is 1. The minimum atomic E-state index is -0.662. The van der Waals surface area contributed by atoms with E-state index in [9.17, 15) is 9.90 Å². The van der Waals surface area contributed by atoms with Gasteiger partial charge in [-0.25, -0.2) is 0 Å². The SMILES string of the molecule is CC(C)(C)[C@@H]1C[C@H]2[C@H]3[C@@H]4C(=O)[C@H](C[C@@H]3C(C)(C)C)[C@@]2(O)C[C@@H]41. The van der Waals surface area contributed by atoms with Crippen molar-refractivity contribution < 1.29 is 9.90 Å². The molecule has 0 aliphatic heterocycles. The lowest BCUT2D eigenvalue weighted by Crippen LogP contribution is -2.76. The van der Waals surface area contributed by atoms with Gasteiger partial charge >= 0.3 is 0 Å². The summed E-state index contributed by atoms with van der Waals surface area (Å²) in [7, 11) is 0. The van der Waals surface area contributed by atoms with Crippen molar-refractivity contribution in [3.05, 3.63) is 0 Å². The number of fused-ring (bicyclic) bond motifs is 2. The maximum Gasteiger partial charge on any atom is 0.142 e. The lowest BCUT2D eigenvalue weighted by Gasteiger charge is -2.73. The fraction of sp³-hybridized carbons (Fsp3) is 0.950. The molecule has 1 N–H and O–H groups in total.